The Bertz CT molecular complexity index is 958. The number of hydrogen-bond acceptors (Lipinski definition) is 2. The SMILES string of the molecule is Cc1c(NC(=O)c2cccc(I)c2)c(=O)n(-c2ccccc2)n1C. The Morgan fingerprint density at radius 2 is 1.79 bits per heavy atom. The van der Waals surface area contributed by atoms with Gasteiger partial charge in [-0.15, -0.1) is 0 Å². The van der Waals surface area contributed by atoms with Crippen molar-refractivity contribution in [3.63, 3.8) is 0 Å². The molecule has 0 unspecified atom stereocenters. The summed E-state index contributed by atoms with van der Waals surface area (Å²) >= 11 is 2.15. The molecule has 3 rings (SSSR count). The Kier molecular flexibility index (Phi) is 4.57. The molecule has 3 aromatic rings. The van der Waals surface area contributed by atoms with Gasteiger partial charge in [0.15, 0.2) is 0 Å². The van der Waals surface area contributed by atoms with Crippen LogP contribution in [0, 0.1) is 10.5 Å². The largest absolute Gasteiger partial charge is 0.316 e. The third-order valence-corrected chi connectivity index (χ3v) is 4.55. The van der Waals surface area contributed by atoms with Crippen LogP contribution in [0.25, 0.3) is 5.69 Å². The van der Waals surface area contributed by atoms with Crippen molar-refractivity contribution in [2.45, 2.75) is 6.92 Å². The maximum Gasteiger partial charge on any atom is 0.295 e. The van der Waals surface area contributed by atoms with E-state index < -0.39 is 0 Å². The van der Waals surface area contributed by atoms with Gasteiger partial charge in [0.2, 0.25) is 0 Å². The smallest absolute Gasteiger partial charge is 0.295 e. The number of anilines is 1. The number of para-hydroxylation sites is 1. The number of benzene rings is 2. The van der Waals surface area contributed by atoms with E-state index in [9.17, 15) is 9.59 Å². The first-order valence-electron chi connectivity index (χ1n) is 7.40. The van der Waals surface area contributed by atoms with Gasteiger partial charge in [0.1, 0.15) is 5.69 Å². The predicted molar refractivity (Wildman–Crippen MR) is 103 cm³/mol. The van der Waals surface area contributed by atoms with E-state index in [1.54, 1.807) is 28.5 Å². The fraction of sp³-hybridized carbons (Fsp3) is 0.111. The third-order valence-electron chi connectivity index (χ3n) is 3.88. The molecule has 1 heterocycles. The summed E-state index contributed by atoms with van der Waals surface area (Å²) in [6.45, 7) is 1.81. The minimum Gasteiger partial charge on any atom is -0.316 e. The van der Waals surface area contributed by atoms with Crippen LogP contribution in [0.2, 0.25) is 0 Å². The number of rotatable bonds is 3. The Balaban J connectivity index is 2.01. The first kappa shape index (κ1) is 16.5. The molecule has 0 atom stereocenters. The second-order valence-corrected chi connectivity index (χ2v) is 6.65. The molecule has 0 saturated carbocycles. The molecule has 24 heavy (non-hydrogen) atoms. The van der Waals surface area contributed by atoms with Crippen molar-refractivity contribution < 1.29 is 4.79 Å². The van der Waals surface area contributed by atoms with Gasteiger partial charge in [-0.3, -0.25) is 14.3 Å². The number of halogens is 1. The van der Waals surface area contributed by atoms with Crippen LogP contribution >= 0.6 is 22.6 Å². The number of aromatic nitrogens is 2. The fourth-order valence-electron chi connectivity index (χ4n) is 2.53. The molecule has 0 radical (unpaired) electrons. The minimum atomic E-state index is -0.292. The van der Waals surface area contributed by atoms with Crippen LogP contribution in [-0.2, 0) is 7.05 Å². The average Bonchev–Trinajstić information content (AvgIpc) is 2.79. The molecule has 0 spiro atoms. The molecular formula is C18H16IN3O2. The van der Waals surface area contributed by atoms with Crippen LogP contribution in [0.3, 0.4) is 0 Å². The Morgan fingerprint density at radius 3 is 2.46 bits per heavy atom. The van der Waals surface area contributed by atoms with Crippen molar-refractivity contribution in [3.8, 4) is 5.69 Å². The van der Waals surface area contributed by atoms with Crippen molar-refractivity contribution >= 4 is 34.2 Å². The van der Waals surface area contributed by atoms with Crippen molar-refractivity contribution in [2.24, 2.45) is 7.05 Å². The maximum absolute atomic E-state index is 12.8. The van der Waals surface area contributed by atoms with E-state index in [4.69, 9.17) is 0 Å². The highest BCUT2D eigenvalue weighted by Gasteiger charge is 2.18. The topological polar surface area (TPSA) is 56.0 Å². The second-order valence-electron chi connectivity index (χ2n) is 5.40. The van der Waals surface area contributed by atoms with Gasteiger partial charge in [0.05, 0.1) is 11.4 Å². The summed E-state index contributed by atoms with van der Waals surface area (Å²) in [7, 11) is 1.80. The molecule has 122 valence electrons. The van der Waals surface area contributed by atoms with Crippen LogP contribution in [0.4, 0.5) is 5.69 Å². The molecule has 0 fully saturated rings. The minimum absolute atomic E-state index is 0.250. The molecule has 1 aromatic heterocycles. The fourth-order valence-corrected chi connectivity index (χ4v) is 3.07. The maximum atomic E-state index is 12.8. The van der Waals surface area contributed by atoms with Gasteiger partial charge in [-0.2, -0.15) is 0 Å². The molecule has 0 aliphatic heterocycles. The number of carbonyl (C=O) groups is 1. The number of nitrogens with one attached hydrogen (secondary N) is 1. The molecule has 5 nitrogen and oxygen atoms in total. The molecule has 1 N–H and O–H groups in total. The first-order valence-corrected chi connectivity index (χ1v) is 8.48. The van der Waals surface area contributed by atoms with Crippen molar-refractivity contribution in [1.82, 2.24) is 9.36 Å². The lowest BCUT2D eigenvalue weighted by molar-refractivity contribution is 0.102. The molecule has 0 saturated heterocycles. The zero-order valence-electron chi connectivity index (χ0n) is 13.3. The number of nitrogens with zero attached hydrogens (tertiary/aromatic N) is 2. The Hall–Kier alpha value is -2.35. The van der Waals surface area contributed by atoms with Crippen molar-refractivity contribution in [2.75, 3.05) is 5.32 Å². The van der Waals surface area contributed by atoms with Gasteiger partial charge in [-0.05, 0) is 59.8 Å². The van der Waals surface area contributed by atoms with E-state index in [0.717, 1.165) is 9.26 Å². The zero-order chi connectivity index (χ0) is 17.3. The van der Waals surface area contributed by atoms with Gasteiger partial charge in [0, 0.05) is 16.2 Å². The lowest BCUT2D eigenvalue weighted by atomic mass is 10.2. The monoisotopic (exact) mass is 433 g/mol. The highest BCUT2D eigenvalue weighted by atomic mass is 127. The molecule has 2 aromatic carbocycles. The highest BCUT2D eigenvalue weighted by molar-refractivity contribution is 14.1. The van der Waals surface area contributed by atoms with E-state index in [1.807, 2.05) is 49.4 Å². The van der Waals surface area contributed by atoms with Gasteiger partial charge >= 0.3 is 0 Å². The predicted octanol–water partition coefficient (Wildman–Crippen LogP) is 3.34. The van der Waals surface area contributed by atoms with E-state index in [0.29, 0.717) is 16.9 Å². The second kappa shape index (κ2) is 6.64. The molecule has 1 amide bonds. The Labute approximate surface area is 153 Å². The third kappa shape index (κ3) is 3.01. The molecule has 0 aliphatic rings. The first-order chi connectivity index (χ1) is 11.5. The van der Waals surface area contributed by atoms with E-state index in [2.05, 4.69) is 27.9 Å². The highest BCUT2D eigenvalue weighted by Crippen LogP contribution is 2.15. The summed E-state index contributed by atoms with van der Waals surface area (Å²) in [5.41, 5.74) is 2.02. The summed E-state index contributed by atoms with van der Waals surface area (Å²) in [4.78, 5) is 25.2. The summed E-state index contributed by atoms with van der Waals surface area (Å²) in [5.74, 6) is -0.292. The molecular weight excluding hydrogens is 417 g/mol. The van der Waals surface area contributed by atoms with Gasteiger partial charge in [-0.25, -0.2) is 4.68 Å². The molecule has 0 bridgehead atoms. The summed E-state index contributed by atoms with van der Waals surface area (Å²) in [5, 5.41) is 2.76. The van der Waals surface area contributed by atoms with E-state index in [-0.39, 0.29) is 11.5 Å². The van der Waals surface area contributed by atoms with E-state index >= 15 is 0 Å². The van der Waals surface area contributed by atoms with Crippen molar-refractivity contribution in [1.29, 1.82) is 0 Å². The van der Waals surface area contributed by atoms with Crippen molar-refractivity contribution in [3.05, 3.63) is 79.8 Å². The summed E-state index contributed by atoms with van der Waals surface area (Å²) in [6.07, 6.45) is 0. The zero-order valence-corrected chi connectivity index (χ0v) is 15.4. The van der Waals surface area contributed by atoms with Gasteiger partial charge in [0.25, 0.3) is 11.5 Å². The van der Waals surface area contributed by atoms with Gasteiger partial charge < -0.3 is 5.32 Å². The number of hydrogen-bond donors (Lipinski definition) is 1. The van der Waals surface area contributed by atoms with Gasteiger partial charge in [-0.1, -0.05) is 24.3 Å². The lowest BCUT2D eigenvalue weighted by Crippen LogP contribution is -2.23. The van der Waals surface area contributed by atoms with Crippen LogP contribution in [0.15, 0.2) is 59.4 Å². The average molecular weight is 433 g/mol. The van der Waals surface area contributed by atoms with E-state index in [1.165, 1.54) is 0 Å². The normalized spacial score (nSPS) is 10.6. The Morgan fingerprint density at radius 1 is 1.08 bits per heavy atom. The summed E-state index contributed by atoms with van der Waals surface area (Å²) in [6, 6.07) is 16.6. The van der Waals surface area contributed by atoms with Crippen LogP contribution in [-0.4, -0.2) is 15.3 Å². The van der Waals surface area contributed by atoms with Crippen LogP contribution in [0.1, 0.15) is 16.1 Å². The standard InChI is InChI=1S/C18H16IN3O2/c1-12-16(20-17(23)13-7-6-8-14(19)11-13)18(24)22(21(12)2)15-9-4-3-5-10-15/h3-11H,1-2H3,(H,20,23). The van der Waals surface area contributed by atoms with Crippen LogP contribution in [0.5, 0.6) is 0 Å². The molecule has 0 aliphatic carbocycles. The lowest BCUT2D eigenvalue weighted by Gasteiger charge is -2.07. The quantitative estimate of drug-likeness (QED) is 0.645. The molecule has 6 heteroatoms. The number of carbonyl (C=O) groups excluding carboxylic acids is 1. The summed E-state index contributed by atoms with van der Waals surface area (Å²) < 4.78 is 4.24. The van der Waals surface area contributed by atoms with Crippen LogP contribution < -0.4 is 10.9 Å². The number of amides is 1.